The van der Waals surface area contributed by atoms with E-state index in [9.17, 15) is 25.2 Å². The first-order valence-electron chi connectivity index (χ1n) is 12.0. The van der Waals surface area contributed by atoms with Gasteiger partial charge in [0.1, 0.15) is 42.6 Å². The van der Waals surface area contributed by atoms with Crippen molar-refractivity contribution in [2.75, 3.05) is 27.3 Å². The molecule has 1 aliphatic carbocycles. The number of nitrogens with one attached hydrogen (secondary N) is 1. The Balaban J connectivity index is 1.54. The van der Waals surface area contributed by atoms with Gasteiger partial charge in [0.25, 0.3) is 6.02 Å². The monoisotopic (exact) mass is 509 g/mol. The van der Waals surface area contributed by atoms with Crippen LogP contribution in [0.25, 0.3) is 0 Å². The fourth-order valence-electron chi connectivity index (χ4n) is 4.89. The summed E-state index contributed by atoms with van der Waals surface area (Å²) in [7, 11) is 3.58. The standard InChI is InChI=1S/C24H35N3O9/c1-12(29)25-17-19(31)18(30)15(9-28)34-23(17)35-22-14(11-33-10-13-7-5-4-6-8-13)21-16(20(22)32)26-24(36-21)27(2)3/h4-8,14-23,28,30-32H,9-11H2,1-3H3,(H,25,29)/t14-,15+,16+,17+,18+,19+,20+,21-,22+,23-/m0/s1. The molecule has 4 rings (SSSR count). The summed E-state index contributed by atoms with van der Waals surface area (Å²) in [6.45, 7) is 1.19. The van der Waals surface area contributed by atoms with Gasteiger partial charge in [-0.2, -0.15) is 0 Å². The summed E-state index contributed by atoms with van der Waals surface area (Å²) in [6, 6.07) is 8.25. The Bertz CT molecular complexity index is 917. The summed E-state index contributed by atoms with van der Waals surface area (Å²) >= 11 is 0. The van der Waals surface area contributed by atoms with Gasteiger partial charge in [-0.05, 0) is 5.56 Å². The molecule has 0 unspecified atom stereocenters. The summed E-state index contributed by atoms with van der Waals surface area (Å²) in [4.78, 5) is 18.0. The van der Waals surface area contributed by atoms with E-state index in [1.807, 2.05) is 30.3 Å². The number of hydrogen-bond acceptors (Lipinski definition) is 11. The molecule has 10 atom stereocenters. The molecule has 2 aliphatic heterocycles. The van der Waals surface area contributed by atoms with E-state index in [0.29, 0.717) is 12.6 Å². The molecule has 3 aliphatic rings. The third-order valence-corrected chi connectivity index (χ3v) is 6.71. The number of benzene rings is 1. The minimum Gasteiger partial charge on any atom is -0.459 e. The van der Waals surface area contributed by atoms with Gasteiger partial charge in [0.15, 0.2) is 6.29 Å². The Morgan fingerprint density at radius 2 is 1.86 bits per heavy atom. The maximum Gasteiger partial charge on any atom is 0.287 e. The number of fused-ring (bicyclic) bond motifs is 1. The summed E-state index contributed by atoms with van der Waals surface area (Å²) < 4.78 is 23.9. The van der Waals surface area contributed by atoms with Crippen LogP contribution in [0.4, 0.5) is 0 Å². The van der Waals surface area contributed by atoms with E-state index in [4.69, 9.17) is 18.9 Å². The molecule has 1 saturated heterocycles. The molecule has 0 spiro atoms. The second kappa shape index (κ2) is 11.4. The van der Waals surface area contributed by atoms with Crippen LogP contribution in [-0.4, -0.2) is 120 Å². The third kappa shape index (κ3) is 5.49. The highest BCUT2D eigenvalue weighted by molar-refractivity contribution is 5.75. The quantitative estimate of drug-likeness (QED) is 0.270. The topological polar surface area (TPSA) is 163 Å². The number of amidine groups is 1. The third-order valence-electron chi connectivity index (χ3n) is 6.71. The fourth-order valence-corrected chi connectivity index (χ4v) is 4.89. The van der Waals surface area contributed by atoms with Crippen molar-refractivity contribution in [1.82, 2.24) is 10.2 Å². The molecule has 200 valence electrons. The van der Waals surface area contributed by atoms with E-state index < -0.39 is 73.4 Å². The van der Waals surface area contributed by atoms with Crippen molar-refractivity contribution >= 4 is 11.9 Å². The number of carbonyl (C=O) groups excluding carboxylic acids is 1. The Kier molecular flexibility index (Phi) is 8.45. The number of rotatable bonds is 8. The Morgan fingerprint density at radius 3 is 2.50 bits per heavy atom. The first-order chi connectivity index (χ1) is 17.2. The Morgan fingerprint density at radius 1 is 1.14 bits per heavy atom. The smallest absolute Gasteiger partial charge is 0.287 e. The number of ether oxygens (including phenoxy) is 4. The average Bonchev–Trinajstić information content (AvgIpc) is 3.39. The van der Waals surface area contributed by atoms with Crippen LogP contribution < -0.4 is 5.32 Å². The number of amides is 1. The molecule has 0 aromatic heterocycles. The molecule has 0 bridgehead atoms. The number of carbonyl (C=O) groups is 1. The summed E-state index contributed by atoms with van der Waals surface area (Å²) in [5.74, 6) is -0.950. The van der Waals surface area contributed by atoms with Gasteiger partial charge in [-0.25, -0.2) is 4.99 Å². The molecule has 36 heavy (non-hydrogen) atoms. The molecule has 0 radical (unpaired) electrons. The molecule has 1 aromatic rings. The molecule has 2 heterocycles. The lowest BCUT2D eigenvalue weighted by atomic mass is 9.96. The van der Waals surface area contributed by atoms with Crippen LogP contribution in [0, 0.1) is 5.92 Å². The van der Waals surface area contributed by atoms with Crippen molar-refractivity contribution in [3.8, 4) is 0 Å². The van der Waals surface area contributed by atoms with Crippen LogP contribution >= 0.6 is 0 Å². The molecule has 1 saturated carbocycles. The van der Waals surface area contributed by atoms with Crippen LogP contribution in [0.15, 0.2) is 35.3 Å². The van der Waals surface area contributed by atoms with E-state index in [2.05, 4.69) is 10.3 Å². The minimum absolute atomic E-state index is 0.167. The van der Waals surface area contributed by atoms with Crippen LogP contribution in [0.5, 0.6) is 0 Å². The lowest BCUT2D eigenvalue weighted by molar-refractivity contribution is -0.292. The van der Waals surface area contributed by atoms with Gasteiger partial charge in [0, 0.05) is 21.0 Å². The SMILES string of the molecule is CC(=O)N[C@H]1[C@H](O[C@H]2[C@H](O)[C@H]3N=C(N(C)C)O[C@H]3[C@@H]2COCc2ccccc2)O[C@H](CO)[C@@H](O)[C@@H]1O. The van der Waals surface area contributed by atoms with Crippen molar-refractivity contribution in [2.24, 2.45) is 10.9 Å². The zero-order valence-corrected chi connectivity index (χ0v) is 20.5. The lowest BCUT2D eigenvalue weighted by Crippen LogP contribution is -2.65. The minimum atomic E-state index is -1.47. The maximum atomic E-state index is 11.8. The first kappa shape index (κ1) is 26.7. The average molecular weight is 510 g/mol. The Hall–Kier alpha value is -2.32. The predicted octanol–water partition coefficient (Wildman–Crippen LogP) is -1.79. The molecular weight excluding hydrogens is 474 g/mol. The zero-order chi connectivity index (χ0) is 26.0. The molecule has 12 heteroatoms. The van der Waals surface area contributed by atoms with Gasteiger partial charge in [0.2, 0.25) is 5.91 Å². The van der Waals surface area contributed by atoms with Crippen molar-refractivity contribution in [2.45, 2.75) is 68.5 Å². The highest BCUT2D eigenvalue weighted by Gasteiger charge is 2.58. The summed E-state index contributed by atoms with van der Waals surface area (Å²) in [6.07, 6.45) is -7.86. The molecule has 2 fully saturated rings. The number of aliphatic imine (C=N–C) groups is 1. The number of hydrogen-bond donors (Lipinski definition) is 5. The van der Waals surface area contributed by atoms with Crippen molar-refractivity contribution in [3.05, 3.63) is 35.9 Å². The van der Waals surface area contributed by atoms with Crippen LogP contribution in [0.2, 0.25) is 0 Å². The van der Waals surface area contributed by atoms with Gasteiger partial charge >= 0.3 is 0 Å². The van der Waals surface area contributed by atoms with Gasteiger partial charge in [-0.1, -0.05) is 30.3 Å². The fraction of sp³-hybridized carbons (Fsp3) is 0.667. The molecule has 5 N–H and O–H groups in total. The number of aliphatic hydroxyl groups excluding tert-OH is 4. The van der Waals surface area contributed by atoms with Gasteiger partial charge < -0.3 is 49.6 Å². The van der Waals surface area contributed by atoms with E-state index >= 15 is 0 Å². The van der Waals surface area contributed by atoms with Crippen molar-refractivity contribution in [1.29, 1.82) is 0 Å². The van der Waals surface area contributed by atoms with Crippen molar-refractivity contribution < 1.29 is 44.2 Å². The van der Waals surface area contributed by atoms with Crippen LogP contribution in [0.1, 0.15) is 12.5 Å². The van der Waals surface area contributed by atoms with Gasteiger partial charge in [-0.3, -0.25) is 4.79 Å². The van der Waals surface area contributed by atoms with Gasteiger partial charge in [0.05, 0.1) is 31.8 Å². The summed E-state index contributed by atoms with van der Waals surface area (Å²) in [5.41, 5.74) is 0.979. The zero-order valence-electron chi connectivity index (χ0n) is 20.5. The predicted molar refractivity (Wildman–Crippen MR) is 126 cm³/mol. The summed E-state index contributed by atoms with van der Waals surface area (Å²) in [5, 5.41) is 44.2. The van der Waals surface area contributed by atoms with Crippen molar-refractivity contribution in [3.63, 3.8) is 0 Å². The molecule has 1 amide bonds. The first-order valence-corrected chi connectivity index (χ1v) is 12.0. The highest BCUT2D eigenvalue weighted by Crippen LogP contribution is 2.39. The van der Waals surface area contributed by atoms with Crippen LogP contribution in [-0.2, 0) is 30.3 Å². The van der Waals surface area contributed by atoms with E-state index in [1.165, 1.54) is 6.92 Å². The van der Waals surface area contributed by atoms with E-state index in [-0.39, 0.29) is 6.61 Å². The number of nitrogens with zero attached hydrogens (tertiary/aromatic N) is 2. The maximum absolute atomic E-state index is 11.8. The molecular formula is C24H35N3O9. The lowest BCUT2D eigenvalue weighted by Gasteiger charge is -2.43. The normalized spacial score (nSPS) is 37.7. The second-order valence-electron chi connectivity index (χ2n) is 9.57. The second-order valence-corrected chi connectivity index (χ2v) is 9.57. The Labute approximate surface area is 209 Å². The number of aliphatic hydroxyl groups is 4. The molecule has 1 aromatic carbocycles. The van der Waals surface area contributed by atoms with E-state index in [1.54, 1.807) is 19.0 Å². The molecule has 12 nitrogen and oxygen atoms in total. The highest BCUT2D eigenvalue weighted by atomic mass is 16.7. The van der Waals surface area contributed by atoms with E-state index in [0.717, 1.165) is 5.56 Å². The largest absolute Gasteiger partial charge is 0.459 e. The van der Waals surface area contributed by atoms with Crippen LogP contribution in [0.3, 0.4) is 0 Å². The van der Waals surface area contributed by atoms with Gasteiger partial charge in [-0.15, -0.1) is 0 Å².